The summed E-state index contributed by atoms with van der Waals surface area (Å²) in [6, 6.07) is 1.94. The summed E-state index contributed by atoms with van der Waals surface area (Å²) in [6.45, 7) is 0.696. The maximum atomic E-state index is 5.63. The van der Waals surface area contributed by atoms with Gasteiger partial charge < -0.3 is 5.73 Å². The predicted octanol–water partition coefficient (Wildman–Crippen LogP) is 1.09. The van der Waals surface area contributed by atoms with E-state index in [2.05, 4.69) is 21.0 Å². The van der Waals surface area contributed by atoms with Gasteiger partial charge in [0.2, 0.25) is 0 Å². The summed E-state index contributed by atoms with van der Waals surface area (Å²) in [7, 11) is 0. The average Bonchev–Trinajstić information content (AvgIpc) is 2.70. The van der Waals surface area contributed by atoms with E-state index < -0.39 is 0 Å². The molecule has 0 saturated heterocycles. The van der Waals surface area contributed by atoms with Crippen LogP contribution in [-0.4, -0.2) is 16.3 Å². The van der Waals surface area contributed by atoms with Crippen LogP contribution in [0.25, 0.3) is 0 Å². The Hall–Kier alpha value is -0.350. The van der Waals surface area contributed by atoms with Gasteiger partial charge in [-0.1, -0.05) is 0 Å². The molecule has 1 aliphatic rings. The van der Waals surface area contributed by atoms with Gasteiger partial charge in [-0.05, 0) is 34.8 Å². The number of aromatic nitrogens is 2. The van der Waals surface area contributed by atoms with Crippen molar-refractivity contribution in [2.75, 3.05) is 6.54 Å². The van der Waals surface area contributed by atoms with Crippen LogP contribution in [0.3, 0.4) is 0 Å². The van der Waals surface area contributed by atoms with E-state index in [9.17, 15) is 0 Å². The second-order valence-corrected chi connectivity index (χ2v) is 3.82. The Morgan fingerprint density at radius 2 is 2.45 bits per heavy atom. The summed E-state index contributed by atoms with van der Waals surface area (Å²) in [5.41, 5.74) is 5.79. The van der Waals surface area contributed by atoms with Crippen LogP contribution in [0.2, 0.25) is 0 Å². The molecule has 0 amide bonds. The van der Waals surface area contributed by atoms with Gasteiger partial charge in [0.25, 0.3) is 0 Å². The predicted molar refractivity (Wildman–Crippen MR) is 46.2 cm³/mol. The SMILES string of the molecule is NCC1(n2ccc(Br)n2)CC1. The molecule has 60 valence electrons. The fourth-order valence-corrected chi connectivity index (χ4v) is 1.53. The Morgan fingerprint density at radius 3 is 2.82 bits per heavy atom. The molecule has 2 N–H and O–H groups in total. The van der Waals surface area contributed by atoms with Gasteiger partial charge in [-0.15, -0.1) is 0 Å². The van der Waals surface area contributed by atoms with E-state index in [4.69, 9.17) is 5.73 Å². The van der Waals surface area contributed by atoms with Crippen LogP contribution >= 0.6 is 15.9 Å². The van der Waals surface area contributed by atoms with Crippen molar-refractivity contribution in [3.05, 3.63) is 16.9 Å². The van der Waals surface area contributed by atoms with Crippen molar-refractivity contribution >= 4 is 15.9 Å². The van der Waals surface area contributed by atoms with Crippen molar-refractivity contribution < 1.29 is 0 Å². The van der Waals surface area contributed by atoms with Crippen molar-refractivity contribution in [3.63, 3.8) is 0 Å². The molecule has 0 radical (unpaired) electrons. The summed E-state index contributed by atoms with van der Waals surface area (Å²) in [4.78, 5) is 0. The smallest absolute Gasteiger partial charge is 0.128 e. The molecule has 11 heavy (non-hydrogen) atoms. The van der Waals surface area contributed by atoms with Gasteiger partial charge in [0.1, 0.15) is 4.60 Å². The normalized spacial score (nSPS) is 20.2. The molecule has 1 heterocycles. The molecule has 0 spiro atoms. The molecule has 1 fully saturated rings. The van der Waals surface area contributed by atoms with Crippen molar-refractivity contribution in [3.8, 4) is 0 Å². The van der Waals surface area contributed by atoms with E-state index in [1.54, 1.807) is 0 Å². The van der Waals surface area contributed by atoms with Gasteiger partial charge in [-0.3, -0.25) is 4.68 Å². The van der Waals surface area contributed by atoms with Crippen molar-refractivity contribution in [1.29, 1.82) is 0 Å². The highest BCUT2D eigenvalue weighted by atomic mass is 79.9. The molecular formula is C7H10BrN3. The first kappa shape index (κ1) is 7.31. The summed E-state index contributed by atoms with van der Waals surface area (Å²) < 4.78 is 2.86. The lowest BCUT2D eigenvalue weighted by atomic mass is 10.3. The highest BCUT2D eigenvalue weighted by Crippen LogP contribution is 2.41. The van der Waals surface area contributed by atoms with Gasteiger partial charge in [0, 0.05) is 12.7 Å². The lowest BCUT2D eigenvalue weighted by Gasteiger charge is -2.11. The van der Waals surface area contributed by atoms with Crippen molar-refractivity contribution in [1.82, 2.24) is 9.78 Å². The zero-order valence-electron chi connectivity index (χ0n) is 6.13. The maximum Gasteiger partial charge on any atom is 0.128 e. The van der Waals surface area contributed by atoms with Crippen molar-refractivity contribution in [2.24, 2.45) is 5.73 Å². The molecule has 0 bridgehead atoms. The molecule has 1 aromatic rings. The molecule has 1 aromatic heterocycles. The zero-order chi connectivity index (χ0) is 7.90. The summed E-state index contributed by atoms with van der Waals surface area (Å²) in [5.74, 6) is 0. The monoisotopic (exact) mass is 215 g/mol. The second kappa shape index (κ2) is 2.32. The van der Waals surface area contributed by atoms with Crippen LogP contribution in [0, 0.1) is 0 Å². The fourth-order valence-electron chi connectivity index (χ4n) is 1.24. The summed E-state index contributed by atoms with van der Waals surface area (Å²) in [5, 5.41) is 4.27. The third-order valence-electron chi connectivity index (χ3n) is 2.25. The van der Waals surface area contributed by atoms with E-state index in [1.165, 1.54) is 0 Å². The highest BCUT2D eigenvalue weighted by molar-refractivity contribution is 9.10. The first-order valence-electron chi connectivity index (χ1n) is 3.69. The topological polar surface area (TPSA) is 43.8 Å². The van der Waals surface area contributed by atoms with E-state index in [1.807, 2.05) is 16.9 Å². The Bertz CT molecular complexity index is 264. The average molecular weight is 216 g/mol. The Kier molecular flexibility index (Phi) is 1.54. The fraction of sp³-hybridized carbons (Fsp3) is 0.571. The lowest BCUT2D eigenvalue weighted by molar-refractivity contribution is 0.440. The standard InChI is InChI=1S/C7H10BrN3/c8-6-1-4-11(10-6)7(5-9)2-3-7/h1,4H,2-3,5,9H2. The molecule has 4 heteroatoms. The minimum absolute atomic E-state index is 0.159. The summed E-state index contributed by atoms with van der Waals surface area (Å²) >= 11 is 3.31. The molecule has 0 atom stereocenters. The summed E-state index contributed by atoms with van der Waals surface area (Å²) in [6.07, 6.45) is 4.30. The highest BCUT2D eigenvalue weighted by Gasteiger charge is 2.43. The van der Waals surface area contributed by atoms with Crippen molar-refractivity contribution in [2.45, 2.75) is 18.4 Å². The van der Waals surface area contributed by atoms with Gasteiger partial charge in [-0.2, -0.15) is 5.10 Å². The number of nitrogens with two attached hydrogens (primary N) is 1. The molecule has 1 aliphatic carbocycles. The van der Waals surface area contributed by atoms with Crippen LogP contribution < -0.4 is 5.73 Å². The maximum absolute atomic E-state index is 5.63. The zero-order valence-corrected chi connectivity index (χ0v) is 7.71. The molecule has 0 unspecified atom stereocenters. The Morgan fingerprint density at radius 1 is 1.73 bits per heavy atom. The third kappa shape index (κ3) is 1.10. The molecule has 0 aliphatic heterocycles. The molecule has 2 rings (SSSR count). The molecule has 3 nitrogen and oxygen atoms in total. The number of hydrogen-bond donors (Lipinski definition) is 1. The molecule has 1 saturated carbocycles. The lowest BCUT2D eigenvalue weighted by Crippen LogP contribution is -2.27. The quantitative estimate of drug-likeness (QED) is 0.804. The third-order valence-corrected chi connectivity index (χ3v) is 2.67. The van der Waals surface area contributed by atoms with Crippen LogP contribution in [0.4, 0.5) is 0 Å². The Balaban J connectivity index is 2.29. The molecule has 0 aromatic carbocycles. The van der Waals surface area contributed by atoms with Gasteiger partial charge in [0.15, 0.2) is 0 Å². The minimum Gasteiger partial charge on any atom is -0.328 e. The van der Waals surface area contributed by atoms with E-state index >= 15 is 0 Å². The Labute approximate surface area is 73.7 Å². The number of halogens is 1. The van der Waals surface area contributed by atoms with Crippen LogP contribution in [0.1, 0.15) is 12.8 Å². The number of hydrogen-bond acceptors (Lipinski definition) is 2. The first-order chi connectivity index (χ1) is 5.27. The second-order valence-electron chi connectivity index (χ2n) is 3.01. The van der Waals surface area contributed by atoms with Crippen LogP contribution in [0.15, 0.2) is 16.9 Å². The number of rotatable bonds is 2. The number of nitrogens with zero attached hydrogens (tertiary/aromatic N) is 2. The first-order valence-corrected chi connectivity index (χ1v) is 4.48. The van der Waals surface area contributed by atoms with Crippen LogP contribution in [-0.2, 0) is 5.54 Å². The van der Waals surface area contributed by atoms with E-state index in [0.717, 1.165) is 17.4 Å². The van der Waals surface area contributed by atoms with Gasteiger partial charge >= 0.3 is 0 Å². The van der Waals surface area contributed by atoms with Crippen LogP contribution in [0.5, 0.6) is 0 Å². The van der Waals surface area contributed by atoms with Gasteiger partial charge in [-0.25, -0.2) is 0 Å². The van der Waals surface area contributed by atoms with E-state index in [0.29, 0.717) is 6.54 Å². The minimum atomic E-state index is 0.159. The van der Waals surface area contributed by atoms with E-state index in [-0.39, 0.29) is 5.54 Å². The largest absolute Gasteiger partial charge is 0.328 e. The van der Waals surface area contributed by atoms with Gasteiger partial charge in [0.05, 0.1) is 5.54 Å². The molecular weight excluding hydrogens is 206 g/mol.